The lowest BCUT2D eigenvalue weighted by Gasteiger charge is -2.27. The molecule has 1 aliphatic heterocycles. The second-order valence-electron chi connectivity index (χ2n) is 6.53. The molecule has 0 atom stereocenters. The van der Waals surface area contributed by atoms with Crippen molar-refractivity contribution in [2.75, 3.05) is 24.8 Å². The largest absolute Gasteiger partial charge is 0.494 e. The number of ether oxygens (including phenoxy) is 2. The van der Waals surface area contributed by atoms with Crippen molar-refractivity contribution >= 4 is 29.0 Å². The molecule has 2 heterocycles. The average Bonchev–Trinajstić information content (AvgIpc) is 3.51. The maximum Gasteiger partial charge on any atom is 0.255 e. The summed E-state index contributed by atoms with van der Waals surface area (Å²) in [6, 6.07) is 5.37. The fraction of sp³-hybridized carbons (Fsp3) is 0.316. The molecule has 1 aliphatic carbocycles. The average molecular weight is 368 g/mol. The van der Waals surface area contributed by atoms with Crippen LogP contribution >= 0.6 is 0 Å². The lowest BCUT2D eigenvalue weighted by molar-refractivity contribution is -0.117. The van der Waals surface area contributed by atoms with E-state index < -0.39 is 0 Å². The molecular formula is C19H20N4O4. The molecule has 1 aromatic heterocycles. The van der Waals surface area contributed by atoms with Gasteiger partial charge in [-0.1, -0.05) is 6.07 Å². The van der Waals surface area contributed by atoms with Gasteiger partial charge in [0.25, 0.3) is 5.91 Å². The molecule has 8 nitrogen and oxygen atoms in total. The number of carbonyl (C=O) groups excluding carboxylic acids is 2. The molecule has 0 bridgehead atoms. The van der Waals surface area contributed by atoms with Crippen LogP contribution in [0.1, 0.15) is 28.9 Å². The lowest BCUT2D eigenvalue weighted by atomic mass is 10.1. The van der Waals surface area contributed by atoms with Gasteiger partial charge in [0.2, 0.25) is 5.91 Å². The molecule has 1 fully saturated rings. The summed E-state index contributed by atoms with van der Waals surface area (Å²) in [5.74, 6) is 1.35. The molecule has 2 aromatic rings. The molecule has 4 rings (SSSR count). The first-order valence-electron chi connectivity index (χ1n) is 8.73. The number of anilines is 3. The van der Waals surface area contributed by atoms with Gasteiger partial charge in [0.1, 0.15) is 17.1 Å². The number of pyridine rings is 1. The third kappa shape index (κ3) is 2.92. The van der Waals surface area contributed by atoms with Crippen LogP contribution in [0.15, 0.2) is 18.2 Å². The fourth-order valence-corrected chi connectivity index (χ4v) is 3.08. The summed E-state index contributed by atoms with van der Waals surface area (Å²) in [6.07, 6.45) is 1.75. The Morgan fingerprint density at radius 2 is 2.07 bits per heavy atom. The van der Waals surface area contributed by atoms with E-state index in [1.165, 1.54) is 0 Å². The highest BCUT2D eigenvalue weighted by molar-refractivity contribution is 6.06. The van der Waals surface area contributed by atoms with Crippen molar-refractivity contribution in [3.05, 3.63) is 29.5 Å². The van der Waals surface area contributed by atoms with Crippen molar-refractivity contribution in [3.63, 3.8) is 0 Å². The number of fused-ring (bicyclic) bond motifs is 2. The van der Waals surface area contributed by atoms with Gasteiger partial charge in [-0.3, -0.25) is 9.59 Å². The number of nitrogens with one attached hydrogen (secondary N) is 3. The molecule has 140 valence electrons. The number of benzene rings is 1. The van der Waals surface area contributed by atoms with Crippen molar-refractivity contribution < 1.29 is 19.1 Å². The number of hydrogen-bond donors (Lipinski definition) is 3. The molecular weight excluding hydrogens is 348 g/mol. The molecule has 2 aliphatic rings. The number of aromatic nitrogens is 1. The van der Waals surface area contributed by atoms with E-state index in [4.69, 9.17) is 9.47 Å². The number of rotatable bonds is 4. The Kier molecular flexibility index (Phi) is 4.10. The van der Waals surface area contributed by atoms with Gasteiger partial charge in [0, 0.05) is 13.0 Å². The van der Waals surface area contributed by atoms with Crippen LogP contribution in [0, 0.1) is 12.8 Å². The Labute approximate surface area is 156 Å². The first-order valence-corrected chi connectivity index (χ1v) is 8.73. The molecule has 3 N–H and O–H groups in total. The van der Waals surface area contributed by atoms with Crippen LogP contribution in [-0.4, -0.2) is 31.0 Å². The van der Waals surface area contributed by atoms with Crippen molar-refractivity contribution in [3.8, 4) is 17.2 Å². The Morgan fingerprint density at radius 3 is 2.74 bits per heavy atom. The van der Waals surface area contributed by atoms with Crippen LogP contribution < -0.4 is 25.4 Å². The van der Waals surface area contributed by atoms with Gasteiger partial charge in [-0.25, -0.2) is 4.98 Å². The zero-order chi connectivity index (χ0) is 19.1. The second-order valence-corrected chi connectivity index (χ2v) is 6.53. The minimum Gasteiger partial charge on any atom is -0.494 e. The van der Waals surface area contributed by atoms with Crippen LogP contribution in [0.4, 0.5) is 17.2 Å². The zero-order valence-corrected chi connectivity index (χ0v) is 15.3. The summed E-state index contributed by atoms with van der Waals surface area (Å²) in [6.45, 7) is 1.72. The molecule has 0 saturated heterocycles. The summed E-state index contributed by atoms with van der Waals surface area (Å²) in [5, 5.41) is 8.70. The van der Waals surface area contributed by atoms with E-state index in [1.54, 1.807) is 39.3 Å². The van der Waals surface area contributed by atoms with Crippen LogP contribution in [0.5, 0.6) is 17.2 Å². The van der Waals surface area contributed by atoms with Crippen molar-refractivity contribution in [2.24, 2.45) is 5.92 Å². The van der Waals surface area contributed by atoms with Crippen LogP contribution in [0.25, 0.3) is 0 Å². The molecule has 8 heteroatoms. The van der Waals surface area contributed by atoms with Crippen LogP contribution in [0.2, 0.25) is 0 Å². The van der Waals surface area contributed by atoms with Gasteiger partial charge in [-0.15, -0.1) is 0 Å². The molecule has 2 amide bonds. The van der Waals surface area contributed by atoms with E-state index in [0.29, 0.717) is 45.7 Å². The Morgan fingerprint density at radius 1 is 1.30 bits per heavy atom. The van der Waals surface area contributed by atoms with Gasteiger partial charge < -0.3 is 25.4 Å². The smallest absolute Gasteiger partial charge is 0.255 e. The monoisotopic (exact) mass is 368 g/mol. The minimum absolute atomic E-state index is 0.0188. The summed E-state index contributed by atoms with van der Waals surface area (Å²) < 4.78 is 11.4. The van der Waals surface area contributed by atoms with Gasteiger partial charge in [0.05, 0.1) is 18.4 Å². The third-order valence-electron chi connectivity index (χ3n) is 4.65. The lowest BCUT2D eigenvalue weighted by Crippen LogP contribution is -2.24. The van der Waals surface area contributed by atoms with E-state index >= 15 is 0 Å². The number of hydrogen-bond acceptors (Lipinski definition) is 6. The summed E-state index contributed by atoms with van der Waals surface area (Å²) >= 11 is 0. The molecule has 0 spiro atoms. The number of methoxy groups -OCH3 is 1. The van der Waals surface area contributed by atoms with E-state index in [1.807, 2.05) is 0 Å². The summed E-state index contributed by atoms with van der Waals surface area (Å²) in [7, 11) is 3.11. The molecule has 1 saturated carbocycles. The Hall–Kier alpha value is -3.29. The van der Waals surface area contributed by atoms with Gasteiger partial charge >= 0.3 is 0 Å². The topological polar surface area (TPSA) is 102 Å². The van der Waals surface area contributed by atoms with Gasteiger partial charge in [-0.05, 0) is 31.9 Å². The maximum atomic E-state index is 12.5. The highest BCUT2D eigenvalue weighted by Crippen LogP contribution is 2.50. The summed E-state index contributed by atoms with van der Waals surface area (Å²) in [4.78, 5) is 29.2. The molecule has 27 heavy (non-hydrogen) atoms. The third-order valence-corrected chi connectivity index (χ3v) is 4.65. The Bertz CT molecular complexity index is 953. The Balaban J connectivity index is 1.85. The SMILES string of the molecule is CNC(=O)c1c(C)nc(NC(=O)C2CC2)c2c1Nc1c(OC)cccc1O2. The van der Waals surface area contributed by atoms with E-state index in [-0.39, 0.29) is 17.7 Å². The number of aryl methyl sites for hydroxylation is 1. The molecule has 1 aromatic carbocycles. The van der Waals surface area contributed by atoms with Gasteiger partial charge in [0.15, 0.2) is 17.3 Å². The quantitative estimate of drug-likeness (QED) is 0.654. The second kappa shape index (κ2) is 6.46. The fourth-order valence-electron chi connectivity index (χ4n) is 3.08. The van der Waals surface area contributed by atoms with E-state index in [2.05, 4.69) is 20.9 Å². The van der Waals surface area contributed by atoms with Crippen LogP contribution in [-0.2, 0) is 4.79 Å². The predicted octanol–water partition coefficient (Wildman–Crippen LogP) is 2.96. The number of para-hydroxylation sites is 1. The first-order chi connectivity index (χ1) is 13.0. The summed E-state index contributed by atoms with van der Waals surface area (Å²) in [5.41, 5.74) is 1.90. The number of carbonyl (C=O) groups is 2. The first kappa shape index (κ1) is 17.1. The van der Waals surface area contributed by atoms with Crippen molar-refractivity contribution in [1.29, 1.82) is 0 Å². The zero-order valence-electron chi connectivity index (χ0n) is 15.3. The van der Waals surface area contributed by atoms with E-state index in [9.17, 15) is 9.59 Å². The molecule has 0 radical (unpaired) electrons. The number of amides is 2. The van der Waals surface area contributed by atoms with E-state index in [0.717, 1.165) is 12.8 Å². The van der Waals surface area contributed by atoms with Crippen molar-refractivity contribution in [1.82, 2.24) is 10.3 Å². The highest BCUT2D eigenvalue weighted by atomic mass is 16.5. The van der Waals surface area contributed by atoms with Crippen LogP contribution in [0.3, 0.4) is 0 Å². The highest BCUT2D eigenvalue weighted by Gasteiger charge is 2.34. The molecule has 0 unspecified atom stereocenters. The van der Waals surface area contributed by atoms with Gasteiger partial charge in [-0.2, -0.15) is 0 Å². The number of nitrogens with zero attached hydrogens (tertiary/aromatic N) is 1. The minimum atomic E-state index is -0.300. The normalized spacial score (nSPS) is 14.2. The predicted molar refractivity (Wildman–Crippen MR) is 100 cm³/mol. The standard InChI is InChI=1S/C19H20N4O4/c1-9-13(19(25)20-2)15-16(17(21-9)23-18(24)10-7-8-10)27-12-6-4-5-11(26-3)14(12)22-15/h4-6,10,22H,7-8H2,1-3H3,(H,20,25)(H,21,23,24). The van der Waals surface area contributed by atoms with Crippen molar-refractivity contribution in [2.45, 2.75) is 19.8 Å². The maximum absolute atomic E-state index is 12.5.